The van der Waals surface area contributed by atoms with Crippen LogP contribution in [0.2, 0.25) is 5.02 Å². The fraction of sp³-hybridized carbons (Fsp3) is 0.556. The first-order chi connectivity index (χ1) is 8.86. The Kier molecular flexibility index (Phi) is 5.66. The molecule has 0 amide bonds. The second-order valence-corrected chi connectivity index (χ2v) is 4.07. The molecule has 19 heavy (non-hydrogen) atoms. The maximum atomic E-state index is 10.3. The lowest BCUT2D eigenvalue weighted by molar-refractivity contribution is -0.132. The minimum Gasteiger partial charge on any atom is -0.394 e. The molecule has 0 bridgehead atoms. The Bertz CT molecular complexity index is 470. The SMILES string of the molecule is Nc1nc(=O)[nH]cc1Cl.OC[C@H]1OC(O)[C@@H](O)[C@@H]1O. The van der Waals surface area contributed by atoms with Gasteiger partial charge < -0.3 is 35.9 Å². The van der Waals surface area contributed by atoms with Gasteiger partial charge in [-0.1, -0.05) is 11.6 Å². The van der Waals surface area contributed by atoms with Crippen molar-refractivity contribution in [2.24, 2.45) is 0 Å². The average Bonchev–Trinajstić information content (AvgIpc) is 2.62. The van der Waals surface area contributed by atoms with Crippen molar-refractivity contribution in [2.45, 2.75) is 24.6 Å². The van der Waals surface area contributed by atoms with Gasteiger partial charge in [-0.2, -0.15) is 4.98 Å². The summed E-state index contributed by atoms with van der Waals surface area (Å²) in [6.07, 6.45) is -3.46. The lowest BCUT2D eigenvalue weighted by atomic mass is 10.1. The van der Waals surface area contributed by atoms with E-state index in [-0.39, 0.29) is 10.8 Å². The van der Waals surface area contributed by atoms with E-state index in [4.69, 9.17) is 37.8 Å². The number of hydrogen-bond acceptors (Lipinski definition) is 8. The molecule has 0 aliphatic carbocycles. The molecule has 1 unspecified atom stereocenters. The highest BCUT2D eigenvalue weighted by atomic mass is 35.5. The van der Waals surface area contributed by atoms with Crippen molar-refractivity contribution < 1.29 is 25.2 Å². The molecule has 9 nitrogen and oxygen atoms in total. The number of hydrogen-bond donors (Lipinski definition) is 6. The van der Waals surface area contributed by atoms with Crippen molar-refractivity contribution >= 4 is 17.4 Å². The van der Waals surface area contributed by atoms with Crippen molar-refractivity contribution in [1.29, 1.82) is 0 Å². The first-order valence-electron chi connectivity index (χ1n) is 5.18. The first kappa shape index (κ1) is 15.8. The molecule has 1 aliphatic rings. The van der Waals surface area contributed by atoms with Gasteiger partial charge in [0.2, 0.25) is 0 Å². The third-order valence-electron chi connectivity index (χ3n) is 2.31. The van der Waals surface area contributed by atoms with Crippen LogP contribution in [0.15, 0.2) is 11.0 Å². The van der Waals surface area contributed by atoms with E-state index in [2.05, 4.69) is 14.7 Å². The monoisotopic (exact) mass is 295 g/mol. The molecule has 1 fully saturated rings. The molecule has 1 aliphatic heterocycles. The van der Waals surface area contributed by atoms with Gasteiger partial charge in [0.05, 0.1) is 11.6 Å². The fourth-order valence-electron chi connectivity index (χ4n) is 1.27. The van der Waals surface area contributed by atoms with E-state index in [0.29, 0.717) is 0 Å². The topological polar surface area (TPSA) is 162 Å². The molecule has 1 aromatic heterocycles. The minimum absolute atomic E-state index is 0.0559. The van der Waals surface area contributed by atoms with Crippen LogP contribution in [0.25, 0.3) is 0 Å². The molecule has 2 heterocycles. The third-order valence-corrected chi connectivity index (χ3v) is 2.61. The quantitative estimate of drug-likeness (QED) is 0.329. The zero-order valence-electron chi connectivity index (χ0n) is 9.60. The molecule has 7 N–H and O–H groups in total. The number of aliphatic hydroxyl groups is 4. The lowest BCUT2D eigenvalue weighted by Crippen LogP contribution is -2.33. The zero-order valence-corrected chi connectivity index (χ0v) is 10.4. The van der Waals surface area contributed by atoms with Gasteiger partial charge in [-0.15, -0.1) is 0 Å². The number of aromatic nitrogens is 2. The Morgan fingerprint density at radius 2 is 2.05 bits per heavy atom. The van der Waals surface area contributed by atoms with E-state index < -0.39 is 36.9 Å². The maximum Gasteiger partial charge on any atom is 0.346 e. The number of rotatable bonds is 1. The molecule has 1 saturated heterocycles. The Morgan fingerprint density at radius 1 is 1.42 bits per heavy atom. The smallest absolute Gasteiger partial charge is 0.346 e. The second-order valence-electron chi connectivity index (χ2n) is 3.67. The fourth-order valence-corrected chi connectivity index (χ4v) is 1.37. The van der Waals surface area contributed by atoms with Crippen LogP contribution >= 0.6 is 11.6 Å². The van der Waals surface area contributed by atoms with Gasteiger partial charge in [-0.3, -0.25) is 0 Å². The molecular weight excluding hydrogens is 282 g/mol. The summed E-state index contributed by atoms with van der Waals surface area (Å²) in [4.78, 5) is 15.9. The van der Waals surface area contributed by atoms with Crippen LogP contribution in [-0.4, -0.2) is 61.6 Å². The summed E-state index contributed by atoms with van der Waals surface area (Å²) >= 11 is 5.42. The molecule has 4 atom stereocenters. The van der Waals surface area contributed by atoms with Gasteiger partial charge in [0.25, 0.3) is 0 Å². The molecule has 0 radical (unpaired) electrons. The standard InChI is InChI=1S/C5H10O5.C4H4ClN3O/c6-1-2-3(7)4(8)5(9)10-2;5-2-1-7-4(9)8-3(2)6/h2-9H,1H2;1H,(H3,6,7,8,9)/t2-,3-,4+,5?;/m1./s1. The van der Waals surface area contributed by atoms with Crippen LogP contribution in [0, 0.1) is 0 Å². The molecule has 0 aromatic carbocycles. The number of aromatic amines is 1. The lowest BCUT2D eigenvalue weighted by Gasteiger charge is -2.09. The Balaban J connectivity index is 0.000000191. The van der Waals surface area contributed by atoms with Gasteiger partial charge in [0, 0.05) is 6.20 Å². The number of ether oxygens (including phenoxy) is 1. The summed E-state index contributed by atoms with van der Waals surface area (Å²) in [6.45, 7) is -0.407. The summed E-state index contributed by atoms with van der Waals surface area (Å²) in [5.41, 5.74) is 4.67. The Labute approximate surface area is 112 Å². The summed E-state index contributed by atoms with van der Waals surface area (Å²) in [7, 11) is 0. The zero-order chi connectivity index (χ0) is 14.6. The van der Waals surface area contributed by atoms with Gasteiger partial charge in [0.15, 0.2) is 6.29 Å². The average molecular weight is 296 g/mol. The van der Waals surface area contributed by atoms with E-state index in [1.165, 1.54) is 6.20 Å². The molecule has 0 spiro atoms. The molecule has 10 heteroatoms. The van der Waals surface area contributed by atoms with Crippen molar-refractivity contribution in [3.8, 4) is 0 Å². The highest BCUT2D eigenvalue weighted by molar-refractivity contribution is 6.32. The van der Waals surface area contributed by atoms with Crippen LogP contribution in [0.3, 0.4) is 0 Å². The number of nitrogens with two attached hydrogens (primary N) is 1. The number of halogens is 1. The summed E-state index contributed by atoms with van der Waals surface area (Å²) < 4.78 is 4.54. The summed E-state index contributed by atoms with van der Waals surface area (Å²) in [5.74, 6) is 0.0559. The normalized spacial score (nSPS) is 29.7. The van der Waals surface area contributed by atoms with Crippen LogP contribution in [0.1, 0.15) is 0 Å². The van der Waals surface area contributed by atoms with E-state index in [1.807, 2.05) is 0 Å². The highest BCUT2D eigenvalue weighted by Crippen LogP contribution is 2.18. The summed E-state index contributed by atoms with van der Waals surface area (Å²) in [6, 6.07) is 0. The highest BCUT2D eigenvalue weighted by Gasteiger charge is 2.41. The molecule has 2 rings (SSSR count). The molecular formula is C9H14ClN3O6. The van der Waals surface area contributed by atoms with Gasteiger partial charge in [0.1, 0.15) is 24.1 Å². The number of nitrogen functional groups attached to an aromatic ring is 1. The molecule has 1 aromatic rings. The predicted octanol–water partition coefficient (Wildman–Crippen LogP) is -2.58. The maximum absolute atomic E-state index is 10.3. The van der Waals surface area contributed by atoms with E-state index in [9.17, 15) is 4.79 Å². The van der Waals surface area contributed by atoms with Crippen LogP contribution in [0.5, 0.6) is 0 Å². The Hall–Kier alpha value is -1.23. The number of anilines is 1. The largest absolute Gasteiger partial charge is 0.394 e. The van der Waals surface area contributed by atoms with Gasteiger partial charge in [-0.05, 0) is 0 Å². The van der Waals surface area contributed by atoms with E-state index in [0.717, 1.165) is 0 Å². The first-order valence-corrected chi connectivity index (χ1v) is 5.55. The number of aliphatic hydroxyl groups excluding tert-OH is 4. The van der Waals surface area contributed by atoms with Crippen LogP contribution < -0.4 is 11.4 Å². The van der Waals surface area contributed by atoms with Crippen LogP contribution in [0.4, 0.5) is 5.82 Å². The van der Waals surface area contributed by atoms with Crippen LogP contribution in [-0.2, 0) is 4.74 Å². The second kappa shape index (κ2) is 6.80. The van der Waals surface area contributed by atoms with E-state index >= 15 is 0 Å². The minimum atomic E-state index is -1.38. The van der Waals surface area contributed by atoms with Crippen molar-refractivity contribution in [1.82, 2.24) is 9.97 Å². The molecule has 108 valence electrons. The molecule has 0 saturated carbocycles. The predicted molar refractivity (Wildman–Crippen MR) is 64.3 cm³/mol. The Morgan fingerprint density at radius 3 is 2.37 bits per heavy atom. The van der Waals surface area contributed by atoms with Crippen molar-refractivity contribution in [2.75, 3.05) is 12.3 Å². The van der Waals surface area contributed by atoms with Crippen molar-refractivity contribution in [3.63, 3.8) is 0 Å². The number of nitrogens with one attached hydrogen (secondary N) is 1. The van der Waals surface area contributed by atoms with Crippen molar-refractivity contribution in [3.05, 3.63) is 21.7 Å². The van der Waals surface area contributed by atoms with Gasteiger partial charge in [-0.25, -0.2) is 4.79 Å². The summed E-state index contributed by atoms with van der Waals surface area (Å²) in [5, 5.41) is 35.2. The number of H-pyrrole nitrogens is 1. The number of nitrogens with zero attached hydrogens (tertiary/aromatic N) is 1. The van der Waals surface area contributed by atoms with Gasteiger partial charge >= 0.3 is 5.69 Å². The third kappa shape index (κ3) is 4.13. The van der Waals surface area contributed by atoms with E-state index in [1.54, 1.807) is 0 Å².